The molecule has 0 aromatic heterocycles. The first kappa shape index (κ1) is 12.8. The minimum atomic E-state index is -0.981. The fraction of sp³-hybridized carbons (Fsp3) is 0.400. The second kappa shape index (κ2) is 5.75. The van der Waals surface area contributed by atoms with E-state index in [1.807, 2.05) is 0 Å². The lowest BCUT2D eigenvalue weighted by molar-refractivity contribution is 0.0322. The average Bonchev–Trinajstić information content (AvgIpc) is 2.26. The first-order chi connectivity index (χ1) is 7.10. The third-order valence-electron chi connectivity index (χ3n) is 2.07. The smallest absolute Gasteiger partial charge is 0.125 e. The molecule has 0 spiro atoms. The highest BCUT2D eigenvalue weighted by Crippen LogP contribution is 2.30. The highest BCUT2D eigenvalue weighted by Gasteiger charge is 2.20. The Kier molecular flexibility index (Phi) is 4.92. The average molecular weight is 293 g/mol. The van der Waals surface area contributed by atoms with E-state index in [1.54, 1.807) is 18.2 Å². The summed E-state index contributed by atoms with van der Waals surface area (Å²) in [6.07, 6.45) is -1.88. The predicted molar refractivity (Wildman–Crippen MR) is 65.5 cm³/mol. The van der Waals surface area contributed by atoms with Crippen molar-refractivity contribution in [2.24, 2.45) is 0 Å². The molecule has 0 radical (unpaired) electrons. The standard InChI is InChI=1S/C10H13BrO3S/c1-14-9-4-6(11)2-3-7(9)10(13)8(12)5-15/h2-4,8,10,12-13,15H,5H2,1H3. The van der Waals surface area contributed by atoms with Gasteiger partial charge in [-0.2, -0.15) is 12.6 Å². The van der Waals surface area contributed by atoms with E-state index >= 15 is 0 Å². The summed E-state index contributed by atoms with van der Waals surface area (Å²) in [6, 6.07) is 5.23. The van der Waals surface area contributed by atoms with Crippen LogP contribution in [0.15, 0.2) is 22.7 Å². The molecule has 0 aliphatic carbocycles. The van der Waals surface area contributed by atoms with E-state index < -0.39 is 12.2 Å². The van der Waals surface area contributed by atoms with Crippen LogP contribution in [0, 0.1) is 0 Å². The molecule has 0 aliphatic rings. The zero-order chi connectivity index (χ0) is 11.4. The normalized spacial score (nSPS) is 14.7. The topological polar surface area (TPSA) is 49.7 Å². The summed E-state index contributed by atoms with van der Waals surface area (Å²) in [6.45, 7) is 0. The van der Waals surface area contributed by atoms with Crippen molar-refractivity contribution in [3.63, 3.8) is 0 Å². The Morgan fingerprint density at radius 3 is 2.67 bits per heavy atom. The maximum atomic E-state index is 9.80. The third kappa shape index (κ3) is 3.11. The molecule has 5 heteroatoms. The lowest BCUT2D eigenvalue weighted by Gasteiger charge is -2.18. The van der Waals surface area contributed by atoms with E-state index in [2.05, 4.69) is 28.6 Å². The number of halogens is 1. The number of thiol groups is 1. The van der Waals surface area contributed by atoms with E-state index in [-0.39, 0.29) is 5.75 Å². The summed E-state index contributed by atoms with van der Waals surface area (Å²) in [5.41, 5.74) is 0.558. The van der Waals surface area contributed by atoms with Gasteiger partial charge < -0.3 is 14.9 Å². The van der Waals surface area contributed by atoms with Gasteiger partial charge in [0.1, 0.15) is 11.9 Å². The number of hydrogen-bond acceptors (Lipinski definition) is 4. The van der Waals surface area contributed by atoms with Gasteiger partial charge in [0.05, 0.1) is 13.2 Å². The monoisotopic (exact) mass is 292 g/mol. The van der Waals surface area contributed by atoms with E-state index in [0.29, 0.717) is 11.3 Å². The molecular formula is C10H13BrO3S. The number of ether oxygens (including phenoxy) is 1. The van der Waals surface area contributed by atoms with Gasteiger partial charge in [-0.25, -0.2) is 0 Å². The van der Waals surface area contributed by atoms with E-state index in [9.17, 15) is 10.2 Å². The maximum absolute atomic E-state index is 9.80. The van der Waals surface area contributed by atoms with E-state index in [1.165, 1.54) is 7.11 Å². The molecule has 1 aromatic rings. The molecule has 0 heterocycles. The molecule has 0 aliphatic heterocycles. The number of methoxy groups -OCH3 is 1. The van der Waals surface area contributed by atoms with Gasteiger partial charge in [-0.1, -0.05) is 22.0 Å². The Morgan fingerprint density at radius 2 is 2.13 bits per heavy atom. The predicted octanol–water partition coefficient (Wildman–Crippen LogP) is 1.78. The van der Waals surface area contributed by atoms with E-state index in [0.717, 1.165) is 4.47 Å². The fourth-order valence-corrected chi connectivity index (χ4v) is 1.78. The number of aliphatic hydroxyl groups is 2. The fourth-order valence-electron chi connectivity index (χ4n) is 1.24. The molecule has 15 heavy (non-hydrogen) atoms. The van der Waals surface area contributed by atoms with Crippen LogP contribution in [-0.4, -0.2) is 29.2 Å². The SMILES string of the molecule is COc1cc(Br)ccc1C(O)C(O)CS. The maximum Gasteiger partial charge on any atom is 0.125 e. The Bertz CT molecular complexity index is 332. The van der Waals surface area contributed by atoms with Crippen LogP contribution < -0.4 is 4.74 Å². The summed E-state index contributed by atoms with van der Waals surface area (Å²) in [7, 11) is 1.52. The van der Waals surface area contributed by atoms with Crippen molar-refractivity contribution in [1.29, 1.82) is 0 Å². The molecule has 1 aromatic carbocycles. The van der Waals surface area contributed by atoms with Gasteiger partial charge in [-0.3, -0.25) is 0 Å². The summed E-state index contributed by atoms with van der Waals surface area (Å²) in [5, 5.41) is 19.3. The third-order valence-corrected chi connectivity index (χ3v) is 2.93. The number of rotatable bonds is 4. The molecule has 2 N–H and O–H groups in total. The molecule has 0 bridgehead atoms. The number of hydrogen-bond donors (Lipinski definition) is 3. The lowest BCUT2D eigenvalue weighted by atomic mass is 10.0. The van der Waals surface area contributed by atoms with Crippen LogP contribution in [0.1, 0.15) is 11.7 Å². The quantitative estimate of drug-likeness (QED) is 0.742. The second-order valence-corrected chi connectivity index (χ2v) is 4.36. The lowest BCUT2D eigenvalue weighted by Crippen LogP contribution is -2.20. The Labute approximate surface area is 103 Å². The largest absolute Gasteiger partial charge is 0.496 e. The number of aliphatic hydroxyl groups excluding tert-OH is 2. The first-order valence-electron chi connectivity index (χ1n) is 4.40. The van der Waals surface area contributed by atoms with Crippen LogP contribution in [0.5, 0.6) is 5.75 Å². The highest BCUT2D eigenvalue weighted by atomic mass is 79.9. The van der Waals surface area contributed by atoms with Crippen LogP contribution in [-0.2, 0) is 0 Å². The molecular weight excluding hydrogens is 280 g/mol. The first-order valence-corrected chi connectivity index (χ1v) is 5.83. The molecule has 0 saturated carbocycles. The molecule has 1 rings (SSSR count). The van der Waals surface area contributed by atoms with Crippen LogP contribution in [0.2, 0.25) is 0 Å². The molecule has 0 fully saturated rings. The van der Waals surface area contributed by atoms with Crippen LogP contribution in [0.4, 0.5) is 0 Å². The summed E-state index contributed by atoms with van der Waals surface area (Å²) in [4.78, 5) is 0. The minimum absolute atomic E-state index is 0.195. The second-order valence-electron chi connectivity index (χ2n) is 3.08. The number of benzene rings is 1. The van der Waals surface area contributed by atoms with Crippen LogP contribution >= 0.6 is 28.6 Å². The molecule has 0 amide bonds. The van der Waals surface area contributed by atoms with Crippen LogP contribution in [0.25, 0.3) is 0 Å². The van der Waals surface area contributed by atoms with Gasteiger partial charge in [0, 0.05) is 15.8 Å². The summed E-state index contributed by atoms with van der Waals surface area (Å²) in [5.74, 6) is 0.734. The van der Waals surface area contributed by atoms with Crippen molar-refractivity contribution in [2.75, 3.05) is 12.9 Å². The Hall–Kier alpha value is -0.230. The Morgan fingerprint density at radius 1 is 1.47 bits per heavy atom. The van der Waals surface area contributed by atoms with Crippen molar-refractivity contribution in [3.05, 3.63) is 28.2 Å². The highest BCUT2D eigenvalue weighted by molar-refractivity contribution is 9.10. The van der Waals surface area contributed by atoms with Crippen molar-refractivity contribution in [3.8, 4) is 5.75 Å². The molecule has 84 valence electrons. The molecule has 2 unspecified atom stereocenters. The minimum Gasteiger partial charge on any atom is -0.496 e. The van der Waals surface area contributed by atoms with Crippen LogP contribution in [0.3, 0.4) is 0 Å². The van der Waals surface area contributed by atoms with Gasteiger partial charge in [0.2, 0.25) is 0 Å². The van der Waals surface area contributed by atoms with Crippen molar-refractivity contribution in [1.82, 2.24) is 0 Å². The van der Waals surface area contributed by atoms with Gasteiger partial charge in [0.25, 0.3) is 0 Å². The zero-order valence-electron chi connectivity index (χ0n) is 8.22. The van der Waals surface area contributed by atoms with Gasteiger partial charge in [-0.05, 0) is 12.1 Å². The molecule has 2 atom stereocenters. The molecule has 0 saturated heterocycles. The van der Waals surface area contributed by atoms with Gasteiger partial charge >= 0.3 is 0 Å². The summed E-state index contributed by atoms with van der Waals surface area (Å²) >= 11 is 7.23. The Balaban J connectivity index is 3.02. The van der Waals surface area contributed by atoms with Gasteiger partial charge in [0.15, 0.2) is 0 Å². The van der Waals surface area contributed by atoms with Crippen molar-refractivity contribution < 1.29 is 14.9 Å². The van der Waals surface area contributed by atoms with Crippen molar-refractivity contribution >= 4 is 28.6 Å². The summed E-state index contributed by atoms with van der Waals surface area (Å²) < 4.78 is 5.97. The zero-order valence-corrected chi connectivity index (χ0v) is 10.7. The van der Waals surface area contributed by atoms with Gasteiger partial charge in [-0.15, -0.1) is 0 Å². The molecule has 3 nitrogen and oxygen atoms in total. The van der Waals surface area contributed by atoms with Crippen molar-refractivity contribution in [2.45, 2.75) is 12.2 Å². The van der Waals surface area contributed by atoms with E-state index in [4.69, 9.17) is 4.74 Å².